The second kappa shape index (κ2) is 9.48. The van der Waals surface area contributed by atoms with E-state index >= 15 is 0 Å². The zero-order valence-corrected chi connectivity index (χ0v) is 16.3. The first-order valence-corrected chi connectivity index (χ1v) is 10.1. The number of imide groups is 1. The molecule has 1 heterocycles. The number of ether oxygens (including phenoxy) is 1. The zero-order chi connectivity index (χ0) is 19.9. The van der Waals surface area contributed by atoms with Crippen molar-refractivity contribution in [2.24, 2.45) is 0 Å². The molecular formula is C19H24N2O5S. The van der Waals surface area contributed by atoms with Crippen LogP contribution in [0.2, 0.25) is 0 Å². The Kier molecular flexibility index (Phi) is 7.32. The third-order valence-corrected chi connectivity index (χ3v) is 5.92. The van der Waals surface area contributed by atoms with E-state index in [1.54, 1.807) is 42.5 Å². The summed E-state index contributed by atoms with van der Waals surface area (Å²) in [5, 5.41) is 0. The van der Waals surface area contributed by atoms with E-state index in [0.29, 0.717) is 6.42 Å². The van der Waals surface area contributed by atoms with Gasteiger partial charge in [0.15, 0.2) is 0 Å². The number of amides is 2. The van der Waals surface area contributed by atoms with Gasteiger partial charge in [0.1, 0.15) is 6.61 Å². The summed E-state index contributed by atoms with van der Waals surface area (Å²) in [4.78, 5) is 24.5. The lowest BCUT2D eigenvalue weighted by Gasteiger charge is -2.20. The Morgan fingerprint density at radius 1 is 1.26 bits per heavy atom. The first-order chi connectivity index (χ1) is 12.9. The third kappa shape index (κ3) is 5.51. The second-order valence-electron chi connectivity index (χ2n) is 6.04. The van der Waals surface area contributed by atoms with Crippen LogP contribution in [0.1, 0.15) is 18.9 Å². The maximum Gasteiger partial charge on any atom is 0.416 e. The van der Waals surface area contributed by atoms with Crippen LogP contribution in [0.4, 0.5) is 4.79 Å². The van der Waals surface area contributed by atoms with Crippen molar-refractivity contribution < 1.29 is 22.7 Å². The van der Waals surface area contributed by atoms with E-state index in [1.807, 2.05) is 13.8 Å². The number of hydrogen-bond acceptors (Lipinski definition) is 5. The van der Waals surface area contributed by atoms with E-state index in [0.717, 1.165) is 10.5 Å². The minimum absolute atomic E-state index is 0.199. The van der Waals surface area contributed by atoms with Crippen LogP contribution in [0.5, 0.6) is 0 Å². The average Bonchev–Trinajstić information content (AvgIpc) is 3.07. The maximum atomic E-state index is 12.9. The maximum absolute atomic E-state index is 12.9. The van der Waals surface area contributed by atoms with Gasteiger partial charge in [0.2, 0.25) is 10.0 Å². The van der Waals surface area contributed by atoms with Gasteiger partial charge in [-0.2, -0.15) is 4.31 Å². The van der Waals surface area contributed by atoms with Crippen LogP contribution >= 0.6 is 0 Å². The van der Waals surface area contributed by atoms with Gasteiger partial charge >= 0.3 is 6.09 Å². The lowest BCUT2D eigenvalue weighted by Crippen LogP contribution is -2.32. The van der Waals surface area contributed by atoms with E-state index in [2.05, 4.69) is 0 Å². The summed E-state index contributed by atoms with van der Waals surface area (Å²) in [5.41, 5.74) is 0.982. The number of cyclic esters (lactones) is 1. The van der Waals surface area contributed by atoms with Crippen molar-refractivity contribution in [3.05, 3.63) is 54.1 Å². The summed E-state index contributed by atoms with van der Waals surface area (Å²) in [5.74, 6) is -0.459. The molecule has 1 aromatic carbocycles. The van der Waals surface area contributed by atoms with Crippen molar-refractivity contribution in [2.75, 3.05) is 26.2 Å². The van der Waals surface area contributed by atoms with Gasteiger partial charge in [-0.3, -0.25) is 4.79 Å². The monoisotopic (exact) mass is 392 g/mol. The smallest absolute Gasteiger partial charge is 0.416 e. The molecule has 0 saturated carbocycles. The van der Waals surface area contributed by atoms with Crippen LogP contribution in [0.25, 0.3) is 0 Å². The molecule has 8 heteroatoms. The Morgan fingerprint density at radius 2 is 1.96 bits per heavy atom. The van der Waals surface area contributed by atoms with Gasteiger partial charge in [-0.1, -0.05) is 35.9 Å². The molecule has 27 heavy (non-hydrogen) atoms. The molecule has 0 aromatic heterocycles. The van der Waals surface area contributed by atoms with Crippen molar-refractivity contribution in [1.82, 2.24) is 9.21 Å². The molecule has 0 radical (unpaired) electrons. The van der Waals surface area contributed by atoms with E-state index in [9.17, 15) is 18.0 Å². The van der Waals surface area contributed by atoms with Crippen LogP contribution in [0, 0.1) is 6.92 Å². The summed E-state index contributed by atoms with van der Waals surface area (Å²) >= 11 is 0. The lowest BCUT2D eigenvalue weighted by molar-refractivity contribution is -0.122. The SMILES string of the molecule is C/C=C/CN(CC/C=C/C(=O)N1CCOC1=O)S(=O)(=O)c1ccc(C)cc1. The van der Waals surface area contributed by atoms with E-state index in [4.69, 9.17) is 4.74 Å². The number of hydrogen-bond donors (Lipinski definition) is 0. The number of rotatable bonds is 8. The van der Waals surface area contributed by atoms with Crippen molar-refractivity contribution in [3.8, 4) is 0 Å². The molecule has 1 aliphatic rings. The number of aryl methyl sites for hydroxylation is 1. The molecule has 0 N–H and O–H groups in total. The Hall–Kier alpha value is -2.45. The summed E-state index contributed by atoms with van der Waals surface area (Å²) in [6, 6.07) is 6.69. The molecule has 0 aliphatic carbocycles. The van der Waals surface area contributed by atoms with Gasteiger partial charge in [-0.25, -0.2) is 18.1 Å². The molecule has 0 spiro atoms. The van der Waals surface area contributed by atoms with E-state index in [-0.39, 0.29) is 31.1 Å². The molecular weight excluding hydrogens is 368 g/mol. The number of benzene rings is 1. The number of sulfonamides is 1. The van der Waals surface area contributed by atoms with Gasteiger partial charge in [0.25, 0.3) is 5.91 Å². The number of carbonyl (C=O) groups is 2. The number of carbonyl (C=O) groups excluding carboxylic acids is 2. The minimum Gasteiger partial charge on any atom is -0.447 e. The molecule has 2 rings (SSSR count). The highest BCUT2D eigenvalue weighted by atomic mass is 32.2. The zero-order valence-electron chi connectivity index (χ0n) is 15.5. The van der Waals surface area contributed by atoms with E-state index < -0.39 is 22.0 Å². The molecule has 1 fully saturated rings. The van der Waals surface area contributed by atoms with Gasteiger partial charge in [0, 0.05) is 13.1 Å². The Morgan fingerprint density at radius 3 is 2.56 bits per heavy atom. The normalized spacial score (nSPS) is 15.2. The summed E-state index contributed by atoms with van der Waals surface area (Å²) in [6.07, 6.45) is 6.09. The highest BCUT2D eigenvalue weighted by molar-refractivity contribution is 7.89. The van der Waals surface area contributed by atoms with Gasteiger partial charge < -0.3 is 4.74 Å². The Labute approximate surface area is 160 Å². The molecule has 0 unspecified atom stereocenters. The van der Waals surface area contributed by atoms with Crippen LogP contribution < -0.4 is 0 Å². The molecule has 1 saturated heterocycles. The summed E-state index contributed by atoms with van der Waals surface area (Å²) in [7, 11) is -3.64. The molecule has 2 amide bonds. The first kappa shape index (κ1) is 20.9. The summed E-state index contributed by atoms with van der Waals surface area (Å²) in [6.45, 7) is 4.61. The predicted octanol–water partition coefficient (Wildman–Crippen LogP) is 2.49. The second-order valence-corrected chi connectivity index (χ2v) is 7.98. The predicted molar refractivity (Wildman–Crippen MR) is 102 cm³/mol. The number of allylic oxidation sites excluding steroid dienone is 1. The quantitative estimate of drug-likeness (QED) is 0.501. The van der Waals surface area contributed by atoms with Crippen LogP contribution in [0.3, 0.4) is 0 Å². The van der Waals surface area contributed by atoms with Crippen molar-refractivity contribution >= 4 is 22.0 Å². The van der Waals surface area contributed by atoms with Gasteiger partial charge in [-0.05, 0) is 38.5 Å². The van der Waals surface area contributed by atoms with Crippen LogP contribution in [0.15, 0.2) is 53.5 Å². The molecule has 7 nitrogen and oxygen atoms in total. The number of nitrogens with zero attached hydrogens (tertiary/aromatic N) is 2. The fourth-order valence-corrected chi connectivity index (χ4v) is 3.88. The third-order valence-electron chi connectivity index (χ3n) is 4.04. The molecule has 1 aromatic rings. The minimum atomic E-state index is -3.64. The standard InChI is InChI=1S/C19H24N2O5S/c1-3-4-12-20(27(24,25)17-10-8-16(2)9-11-17)13-6-5-7-18(22)21-14-15-26-19(21)23/h3-5,7-11H,6,12-15H2,1-2H3/b4-3+,7-5+. The average molecular weight is 392 g/mol. The Balaban J connectivity index is 2.03. The van der Waals surface area contributed by atoms with Gasteiger partial charge in [-0.15, -0.1) is 0 Å². The fourth-order valence-electron chi connectivity index (χ4n) is 2.48. The largest absolute Gasteiger partial charge is 0.447 e. The highest BCUT2D eigenvalue weighted by Gasteiger charge is 2.26. The van der Waals surface area contributed by atoms with Crippen molar-refractivity contribution in [2.45, 2.75) is 25.2 Å². The lowest BCUT2D eigenvalue weighted by atomic mass is 10.2. The highest BCUT2D eigenvalue weighted by Crippen LogP contribution is 2.17. The molecule has 0 atom stereocenters. The van der Waals surface area contributed by atoms with Crippen LogP contribution in [-0.2, 0) is 19.6 Å². The fraction of sp³-hybridized carbons (Fsp3) is 0.368. The van der Waals surface area contributed by atoms with Crippen molar-refractivity contribution in [3.63, 3.8) is 0 Å². The topological polar surface area (TPSA) is 84.0 Å². The van der Waals surface area contributed by atoms with Gasteiger partial charge in [0.05, 0.1) is 11.4 Å². The van der Waals surface area contributed by atoms with E-state index in [1.165, 1.54) is 10.4 Å². The van der Waals surface area contributed by atoms with Crippen LogP contribution in [-0.4, -0.2) is 55.9 Å². The van der Waals surface area contributed by atoms with Crippen molar-refractivity contribution in [1.29, 1.82) is 0 Å². The first-order valence-electron chi connectivity index (χ1n) is 8.69. The summed E-state index contributed by atoms with van der Waals surface area (Å²) < 4.78 is 31.8. The Bertz CT molecular complexity index is 828. The molecule has 1 aliphatic heterocycles. The molecule has 146 valence electrons. The molecule has 0 bridgehead atoms.